The highest BCUT2D eigenvalue weighted by atomic mass is 16.3. The topological polar surface area (TPSA) is 19.6 Å². The molecule has 0 radical (unpaired) electrons. The lowest BCUT2D eigenvalue weighted by molar-refractivity contribution is 0.669. The summed E-state index contributed by atoms with van der Waals surface area (Å²) in [6, 6.07) is 88.2. The maximum atomic E-state index is 6.84. The summed E-state index contributed by atoms with van der Waals surface area (Å²) in [5.41, 5.74) is 20.0. The molecule has 0 N–H and O–H groups in total. The third-order valence-electron chi connectivity index (χ3n) is 13.5. The number of furan rings is 1. The van der Waals surface area contributed by atoms with Crippen molar-refractivity contribution < 1.29 is 4.42 Å². The van der Waals surface area contributed by atoms with Gasteiger partial charge >= 0.3 is 0 Å². The fraction of sp³-hybridized carbons (Fsp3) is 0.0164. The highest BCUT2D eigenvalue weighted by Crippen LogP contribution is 2.64. The van der Waals surface area contributed by atoms with Crippen LogP contribution in [0.1, 0.15) is 22.3 Å². The lowest BCUT2D eigenvalue weighted by atomic mass is 9.70. The number of nitrogens with zero attached hydrogens (tertiary/aromatic N) is 2. The van der Waals surface area contributed by atoms with Gasteiger partial charge in [-0.3, -0.25) is 0 Å². The third kappa shape index (κ3) is 5.28. The first kappa shape index (κ1) is 36.3. The molecule has 64 heavy (non-hydrogen) atoms. The van der Waals surface area contributed by atoms with Gasteiger partial charge in [-0.1, -0.05) is 176 Å². The van der Waals surface area contributed by atoms with Gasteiger partial charge in [-0.2, -0.15) is 0 Å². The van der Waals surface area contributed by atoms with E-state index < -0.39 is 5.41 Å². The highest BCUT2D eigenvalue weighted by Gasteiger charge is 2.52. The molecule has 300 valence electrons. The van der Waals surface area contributed by atoms with Crippen LogP contribution in [0.25, 0.3) is 55.3 Å². The van der Waals surface area contributed by atoms with Crippen LogP contribution in [0, 0.1) is 0 Å². The molecule has 0 fully saturated rings. The average molecular weight is 817 g/mol. The molecule has 0 amide bonds. The van der Waals surface area contributed by atoms with Crippen molar-refractivity contribution in [3.05, 3.63) is 265 Å². The van der Waals surface area contributed by atoms with Gasteiger partial charge in [0, 0.05) is 39.1 Å². The first-order valence-electron chi connectivity index (χ1n) is 22.0. The molecule has 3 nitrogen and oxygen atoms in total. The summed E-state index contributed by atoms with van der Waals surface area (Å²) in [6.07, 6.45) is 0. The van der Waals surface area contributed by atoms with E-state index in [4.69, 9.17) is 4.42 Å². The Kier molecular flexibility index (Phi) is 8.13. The molecule has 1 aromatic heterocycles. The molecular weight excluding hydrogens is 777 g/mol. The van der Waals surface area contributed by atoms with Gasteiger partial charge in [0.2, 0.25) is 0 Å². The second-order valence-electron chi connectivity index (χ2n) is 16.8. The molecule has 1 spiro atoms. The predicted molar refractivity (Wildman–Crippen MR) is 265 cm³/mol. The smallest absolute Gasteiger partial charge is 0.159 e. The molecule has 1 atom stereocenters. The normalized spacial score (nSPS) is 14.3. The largest absolute Gasteiger partial charge is 0.454 e. The minimum Gasteiger partial charge on any atom is -0.454 e. The van der Waals surface area contributed by atoms with Crippen LogP contribution in [0.3, 0.4) is 0 Å². The number of rotatable bonds is 7. The van der Waals surface area contributed by atoms with E-state index >= 15 is 0 Å². The molecule has 0 saturated carbocycles. The van der Waals surface area contributed by atoms with Gasteiger partial charge in [-0.25, -0.2) is 0 Å². The maximum absolute atomic E-state index is 6.84. The molecule has 2 aliphatic carbocycles. The number of para-hydroxylation sites is 5. The van der Waals surface area contributed by atoms with Crippen LogP contribution in [0.2, 0.25) is 0 Å². The van der Waals surface area contributed by atoms with Crippen molar-refractivity contribution in [1.82, 2.24) is 0 Å². The summed E-state index contributed by atoms with van der Waals surface area (Å²) >= 11 is 0. The van der Waals surface area contributed by atoms with Crippen molar-refractivity contribution in [1.29, 1.82) is 0 Å². The van der Waals surface area contributed by atoms with Crippen LogP contribution in [-0.4, -0.2) is 0 Å². The predicted octanol–water partition coefficient (Wildman–Crippen LogP) is 16.5. The molecular formula is C61H40N2O. The molecule has 0 bridgehead atoms. The second kappa shape index (κ2) is 14.3. The quantitative estimate of drug-likeness (QED) is 0.160. The van der Waals surface area contributed by atoms with Gasteiger partial charge in [0.1, 0.15) is 5.58 Å². The number of anilines is 6. The zero-order valence-corrected chi connectivity index (χ0v) is 34.9. The minimum absolute atomic E-state index is 0.598. The Hall–Kier alpha value is -8.40. The summed E-state index contributed by atoms with van der Waals surface area (Å²) < 4.78 is 6.84. The van der Waals surface area contributed by atoms with E-state index in [2.05, 4.69) is 246 Å². The summed E-state index contributed by atoms with van der Waals surface area (Å²) in [5, 5.41) is 2.20. The minimum atomic E-state index is -0.598. The average Bonchev–Trinajstić information content (AvgIpc) is 4.00. The summed E-state index contributed by atoms with van der Waals surface area (Å²) in [4.78, 5) is 4.81. The summed E-state index contributed by atoms with van der Waals surface area (Å²) in [5.74, 6) is 0. The first-order valence-corrected chi connectivity index (χ1v) is 22.0. The van der Waals surface area contributed by atoms with Crippen molar-refractivity contribution in [3.8, 4) is 33.4 Å². The van der Waals surface area contributed by atoms with Gasteiger partial charge in [0.05, 0.1) is 16.8 Å². The van der Waals surface area contributed by atoms with Crippen LogP contribution in [0.15, 0.2) is 247 Å². The van der Waals surface area contributed by atoms with E-state index in [0.29, 0.717) is 0 Å². The van der Waals surface area contributed by atoms with Crippen LogP contribution >= 0.6 is 0 Å². The maximum Gasteiger partial charge on any atom is 0.159 e. The summed E-state index contributed by atoms with van der Waals surface area (Å²) in [7, 11) is 0. The third-order valence-corrected chi connectivity index (χ3v) is 13.5. The Bertz CT molecular complexity index is 3520. The summed E-state index contributed by atoms with van der Waals surface area (Å²) in [6.45, 7) is 0. The van der Waals surface area contributed by atoms with E-state index in [1.165, 1.54) is 44.5 Å². The van der Waals surface area contributed by atoms with Gasteiger partial charge in [0.15, 0.2) is 5.58 Å². The fourth-order valence-corrected chi connectivity index (χ4v) is 10.8. The SMILES string of the molecule is c1ccc(-c2ccccc2N(c2ccc3c(c2)C2(c4ccccc4-c4ccc(N(c5ccccc5)c5ccccc5)cc42)c2ccccc2-3)c2cccc3c2oc2ccccc23)cc1. The van der Waals surface area contributed by atoms with Crippen LogP contribution in [0.4, 0.5) is 34.1 Å². The van der Waals surface area contributed by atoms with Gasteiger partial charge in [-0.15, -0.1) is 0 Å². The van der Waals surface area contributed by atoms with Crippen LogP contribution in [-0.2, 0) is 5.41 Å². The number of benzene rings is 10. The van der Waals surface area contributed by atoms with Gasteiger partial charge in [0.25, 0.3) is 0 Å². The Labute approximate surface area is 372 Å². The Morgan fingerprint density at radius 3 is 1.41 bits per heavy atom. The van der Waals surface area contributed by atoms with E-state index in [-0.39, 0.29) is 0 Å². The Morgan fingerprint density at radius 2 is 0.766 bits per heavy atom. The Balaban J connectivity index is 1.10. The molecule has 10 aromatic carbocycles. The molecule has 11 aromatic rings. The van der Waals surface area contributed by atoms with E-state index in [0.717, 1.165) is 67.2 Å². The van der Waals surface area contributed by atoms with Gasteiger partial charge < -0.3 is 14.2 Å². The zero-order valence-electron chi connectivity index (χ0n) is 34.9. The standard InChI is InChI=1S/C61H40N2O/c1-4-19-41(20-5-1)46-25-12-16-32-57(46)63(58-33-18-29-52-51-28-13-17-34-59(51)64-60(52)58)45-36-38-50-48-27-11-15-31-54(48)61(56(50)40-45)53-30-14-10-26-47(53)49-37-35-44(39-55(49)61)62(42-21-6-2-7-22-42)43-23-8-3-9-24-43/h1-40H. The number of fused-ring (bicyclic) bond motifs is 13. The molecule has 1 heterocycles. The fourth-order valence-electron chi connectivity index (χ4n) is 10.8. The van der Waals surface area contributed by atoms with E-state index in [9.17, 15) is 0 Å². The first-order chi connectivity index (χ1) is 31.8. The zero-order chi connectivity index (χ0) is 42.2. The highest BCUT2D eigenvalue weighted by molar-refractivity contribution is 6.11. The van der Waals surface area contributed by atoms with Crippen molar-refractivity contribution in [2.75, 3.05) is 9.80 Å². The van der Waals surface area contributed by atoms with Crippen molar-refractivity contribution in [2.24, 2.45) is 0 Å². The second-order valence-corrected chi connectivity index (χ2v) is 16.8. The number of hydrogen-bond donors (Lipinski definition) is 0. The van der Waals surface area contributed by atoms with E-state index in [1.807, 2.05) is 6.07 Å². The van der Waals surface area contributed by atoms with Crippen molar-refractivity contribution >= 4 is 56.1 Å². The lowest BCUT2D eigenvalue weighted by Crippen LogP contribution is -2.26. The molecule has 0 saturated heterocycles. The molecule has 0 aliphatic heterocycles. The lowest BCUT2D eigenvalue weighted by Gasteiger charge is -2.33. The van der Waals surface area contributed by atoms with Crippen molar-refractivity contribution in [3.63, 3.8) is 0 Å². The van der Waals surface area contributed by atoms with E-state index in [1.54, 1.807) is 0 Å². The monoisotopic (exact) mass is 816 g/mol. The van der Waals surface area contributed by atoms with Crippen molar-refractivity contribution in [2.45, 2.75) is 5.41 Å². The van der Waals surface area contributed by atoms with Gasteiger partial charge in [-0.05, 0) is 117 Å². The number of hydrogen-bond acceptors (Lipinski definition) is 3. The molecule has 13 rings (SSSR count). The molecule has 2 aliphatic rings. The van der Waals surface area contributed by atoms with Crippen LogP contribution < -0.4 is 9.80 Å². The van der Waals surface area contributed by atoms with Crippen LogP contribution in [0.5, 0.6) is 0 Å². The Morgan fingerprint density at radius 1 is 0.297 bits per heavy atom. The molecule has 1 unspecified atom stereocenters. The molecule has 3 heteroatoms.